The van der Waals surface area contributed by atoms with E-state index in [1.54, 1.807) is 24.4 Å². The molecule has 0 amide bonds. The molecule has 5 aromatic rings. The molecule has 1 aliphatic rings. The molecule has 6 rings (SSSR count). The van der Waals surface area contributed by atoms with Crippen molar-refractivity contribution in [1.29, 1.82) is 0 Å². The van der Waals surface area contributed by atoms with Crippen LogP contribution < -0.4 is 10.2 Å². The van der Waals surface area contributed by atoms with Gasteiger partial charge in [-0.15, -0.1) is 0 Å². The molecular formula is C34H29N5O4S2. The summed E-state index contributed by atoms with van der Waals surface area (Å²) in [6.45, 7) is 4.07. The first-order valence-corrected chi connectivity index (χ1v) is 15.4. The Bertz CT molecular complexity index is 1890. The average molecular weight is 636 g/mol. The molecular weight excluding hydrogens is 607 g/mol. The Morgan fingerprint density at radius 2 is 1.64 bits per heavy atom. The van der Waals surface area contributed by atoms with Crippen LogP contribution in [0.15, 0.2) is 113 Å². The van der Waals surface area contributed by atoms with E-state index in [0.717, 1.165) is 43.8 Å². The number of nitro benzene ring substituents is 1. The van der Waals surface area contributed by atoms with E-state index < -0.39 is 10.9 Å². The molecule has 1 N–H and O–H groups in total. The highest BCUT2D eigenvalue weighted by molar-refractivity contribution is 7.99. The normalized spacial score (nSPS) is 16.0. The molecule has 0 bridgehead atoms. The van der Waals surface area contributed by atoms with Gasteiger partial charge >= 0.3 is 5.97 Å². The van der Waals surface area contributed by atoms with Crippen LogP contribution in [-0.2, 0) is 4.74 Å². The second-order valence-electron chi connectivity index (χ2n) is 10.5. The minimum absolute atomic E-state index is 0.0615. The number of esters is 1. The SMILES string of the molecule is COC(=O)c1ccccc1-n1c(C)cc([C@@H]2[C@H](c3ccccn3)NC(=S)N2c2ccc(Sc3ccc([N+](=O)[O-])cc3)cc2)c1C. The fourth-order valence-electron chi connectivity index (χ4n) is 5.80. The van der Waals surface area contributed by atoms with E-state index in [0.29, 0.717) is 10.7 Å². The first-order valence-electron chi connectivity index (χ1n) is 14.2. The molecule has 0 radical (unpaired) electrons. The molecule has 45 heavy (non-hydrogen) atoms. The number of hydrogen-bond donors (Lipinski definition) is 1. The van der Waals surface area contributed by atoms with E-state index in [4.69, 9.17) is 17.0 Å². The molecule has 226 valence electrons. The number of aromatic nitrogens is 2. The molecule has 1 saturated heterocycles. The Hall–Kier alpha value is -5.00. The number of carbonyl (C=O) groups excluding carboxylic acids is 1. The fourth-order valence-corrected chi connectivity index (χ4v) is 6.97. The van der Waals surface area contributed by atoms with Gasteiger partial charge in [-0.2, -0.15) is 0 Å². The lowest BCUT2D eigenvalue weighted by Gasteiger charge is -2.28. The number of aryl methyl sites for hydroxylation is 1. The molecule has 11 heteroatoms. The first-order chi connectivity index (χ1) is 21.8. The van der Waals surface area contributed by atoms with Crippen molar-refractivity contribution in [2.45, 2.75) is 35.7 Å². The summed E-state index contributed by atoms with van der Waals surface area (Å²) in [5.74, 6) is -0.400. The Balaban J connectivity index is 1.40. The molecule has 9 nitrogen and oxygen atoms in total. The molecule has 0 aliphatic carbocycles. The summed E-state index contributed by atoms with van der Waals surface area (Å²) >= 11 is 7.48. The number of benzene rings is 3. The van der Waals surface area contributed by atoms with Crippen molar-refractivity contribution in [3.8, 4) is 5.69 Å². The lowest BCUT2D eigenvalue weighted by Crippen LogP contribution is -2.29. The predicted octanol–water partition coefficient (Wildman–Crippen LogP) is 7.51. The zero-order valence-corrected chi connectivity index (χ0v) is 26.3. The van der Waals surface area contributed by atoms with Crippen molar-refractivity contribution in [1.82, 2.24) is 14.9 Å². The fraction of sp³-hybridized carbons (Fsp3) is 0.147. The summed E-state index contributed by atoms with van der Waals surface area (Å²) in [5.41, 5.74) is 6.02. The molecule has 3 heterocycles. The van der Waals surface area contributed by atoms with Crippen molar-refractivity contribution < 1.29 is 14.5 Å². The number of nitro groups is 1. The number of nitrogens with one attached hydrogen (secondary N) is 1. The van der Waals surface area contributed by atoms with E-state index in [9.17, 15) is 14.9 Å². The quantitative estimate of drug-likeness (QED) is 0.0803. The van der Waals surface area contributed by atoms with E-state index in [-0.39, 0.29) is 17.8 Å². The molecule has 0 spiro atoms. The van der Waals surface area contributed by atoms with Crippen molar-refractivity contribution in [2.24, 2.45) is 0 Å². The van der Waals surface area contributed by atoms with Gasteiger partial charge in [0.15, 0.2) is 5.11 Å². The third-order valence-corrected chi connectivity index (χ3v) is 9.17. The van der Waals surface area contributed by atoms with Crippen LogP contribution in [-0.4, -0.2) is 32.7 Å². The monoisotopic (exact) mass is 635 g/mol. The van der Waals surface area contributed by atoms with Gasteiger partial charge in [0.1, 0.15) is 0 Å². The number of para-hydroxylation sites is 1. The summed E-state index contributed by atoms with van der Waals surface area (Å²) in [5, 5.41) is 15.1. The Morgan fingerprint density at radius 3 is 2.29 bits per heavy atom. The van der Waals surface area contributed by atoms with Crippen LogP contribution in [0.3, 0.4) is 0 Å². The Kier molecular flexibility index (Phi) is 8.38. The van der Waals surface area contributed by atoms with Gasteiger partial charge in [0.25, 0.3) is 5.69 Å². The van der Waals surface area contributed by atoms with Gasteiger partial charge < -0.3 is 19.5 Å². The third-order valence-electron chi connectivity index (χ3n) is 7.84. The van der Waals surface area contributed by atoms with Gasteiger partial charge in [-0.1, -0.05) is 30.0 Å². The lowest BCUT2D eigenvalue weighted by molar-refractivity contribution is -0.384. The van der Waals surface area contributed by atoms with Crippen LogP contribution in [0.25, 0.3) is 5.69 Å². The molecule has 0 unspecified atom stereocenters. The summed E-state index contributed by atoms with van der Waals surface area (Å²) in [6, 6.07) is 29.5. The third kappa shape index (κ3) is 5.79. The van der Waals surface area contributed by atoms with Crippen LogP contribution in [0.5, 0.6) is 0 Å². The molecule has 3 aromatic carbocycles. The summed E-state index contributed by atoms with van der Waals surface area (Å²) in [7, 11) is 1.39. The standard InChI is InChI=1S/C34H29N5O4S2/c1-21-20-28(22(2)37(21)30-10-5-4-8-27(30)33(40)43-3)32-31(29-9-6-7-19-35-29)36-34(44)38(32)23-11-15-25(16-12-23)45-26-17-13-24(14-18-26)39(41)42/h4-20,31-32H,1-3H3,(H,36,44)/t31-,32+/m0/s1. The Morgan fingerprint density at radius 1 is 0.978 bits per heavy atom. The van der Waals surface area contributed by atoms with Crippen molar-refractivity contribution in [3.63, 3.8) is 0 Å². The summed E-state index contributed by atoms with van der Waals surface area (Å²) < 4.78 is 7.17. The van der Waals surface area contributed by atoms with Gasteiger partial charge in [-0.05, 0) is 98.4 Å². The molecule has 1 aliphatic heterocycles. The maximum Gasteiger partial charge on any atom is 0.339 e. The second kappa shape index (κ2) is 12.5. The average Bonchev–Trinajstić information content (AvgIpc) is 3.55. The van der Waals surface area contributed by atoms with Gasteiger partial charge in [0.2, 0.25) is 0 Å². The number of hydrogen-bond acceptors (Lipinski definition) is 7. The highest BCUT2D eigenvalue weighted by Crippen LogP contribution is 2.44. The van der Waals surface area contributed by atoms with Gasteiger partial charge in [0, 0.05) is 45.2 Å². The van der Waals surface area contributed by atoms with E-state index in [1.165, 1.54) is 31.0 Å². The van der Waals surface area contributed by atoms with Gasteiger partial charge in [-0.3, -0.25) is 15.1 Å². The number of carbonyl (C=O) groups is 1. The van der Waals surface area contributed by atoms with Crippen LogP contribution >= 0.6 is 24.0 Å². The molecule has 2 aromatic heterocycles. The predicted molar refractivity (Wildman–Crippen MR) is 178 cm³/mol. The molecule has 1 fully saturated rings. The van der Waals surface area contributed by atoms with Crippen LogP contribution in [0.4, 0.5) is 11.4 Å². The van der Waals surface area contributed by atoms with E-state index >= 15 is 0 Å². The second-order valence-corrected chi connectivity index (χ2v) is 12.0. The highest BCUT2D eigenvalue weighted by atomic mass is 32.2. The van der Waals surface area contributed by atoms with Crippen molar-refractivity contribution in [2.75, 3.05) is 12.0 Å². The zero-order chi connectivity index (χ0) is 31.7. The zero-order valence-electron chi connectivity index (χ0n) is 24.7. The maximum atomic E-state index is 12.7. The largest absolute Gasteiger partial charge is 0.465 e. The first kappa shape index (κ1) is 30.0. The number of ether oxygens (including phenoxy) is 1. The van der Waals surface area contributed by atoms with Crippen molar-refractivity contribution >= 4 is 46.4 Å². The number of thiocarbonyl (C=S) groups is 1. The number of methoxy groups -OCH3 is 1. The van der Waals surface area contributed by atoms with Gasteiger partial charge in [-0.25, -0.2) is 4.79 Å². The molecule has 0 saturated carbocycles. The minimum atomic E-state index is -0.403. The van der Waals surface area contributed by atoms with Crippen molar-refractivity contribution in [3.05, 3.63) is 142 Å². The van der Waals surface area contributed by atoms with Gasteiger partial charge in [0.05, 0.1) is 41.1 Å². The minimum Gasteiger partial charge on any atom is -0.465 e. The number of pyridine rings is 1. The van der Waals surface area contributed by atoms with Crippen LogP contribution in [0.1, 0.15) is 45.1 Å². The number of non-ortho nitro benzene ring substituents is 1. The number of anilines is 1. The smallest absolute Gasteiger partial charge is 0.339 e. The number of rotatable bonds is 8. The summed E-state index contributed by atoms with van der Waals surface area (Å²) in [6.07, 6.45) is 1.78. The van der Waals surface area contributed by atoms with E-state index in [2.05, 4.69) is 32.8 Å². The topological polar surface area (TPSA) is 103 Å². The summed E-state index contributed by atoms with van der Waals surface area (Å²) in [4.78, 5) is 32.0. The van der Waals surface area contributed by atoms with Crippen LogP contribution in [0, 0.1) is 24.0 Å². The lowest BCUT2D eigenvalue weighted by atomic mass is 9.96. The highest BCUT2D eigenvalue weighted by Gasteiger charge is 2.42. The van der Waals surface area contributed by atoms with Crippen LogP contribution in [0.2, 0.25) is 0 Å². The maximum absolute atomic E-state index is 12.7. The molecule has 2 atom stereocenters. The van der Waals surface area contributed by atoms with E-state index in [1.807, 2.05) is 67.6 Å². The Labute approximate surface area is 270 Å². The number of nitrogens with zero attached hydrogens (tertiary/aromatic N) is 4.